The van der Waals surface area contributed by atoms with Gasteiger partial charge in [0, 0.05) is 21.5 Å². The fourth-order valence-corrected chi connectivity index (χ4v) is 3.95. The van der Waals surface area contributed by atoms with Crippen LogP contribution in [-0.2, 0) is 10.2 Å². The van der Waals surface area contributed by atoms with Crippen molar-refractivity contribution in [3.05, 3.63) is 88.4 Å². The molecule has 0 aliphatic carbocycles. The van der Waals surface area contributed by atoms with E-state index in [1.54, 1.807) is 36.4 Å². The number of rotatable bonds is 5. The maximum atomic E-state index is 13.1. The summed E-state index contributed by atoms with van der Waals surface area (Å²) in [4.78, 5) is 12.4. The number of phenolic OH excluding ortho intramolecular Hbond substituents is 1. The summed E-state index contributed by atoms with van der Waals surface area (Å²) in [6.45, 7) is 0. The molecule has 0 spiro atoms. The summed E-state index contributed by atoms with van der Waals surface area (Å²) in [5, 5.41) is 23.3. The molecule has 7 nitrogen and oxygen atoms in total. The Morgan fingerprint density at radius 3 is 2.21 bits per heavy atom. The van der Waals surface area contributed by atoms with E-state index in [-0.39, 0.29) is 22.7 Å². The first-order chi connectivity index (χ1) is 16.1. The Morgan fingerprint density at radius 2 is 1.53 bits per heavy atom. The highest BCUT2D eigenvalue weighted by Crippen LogP contribution is 2.38. The van der Waals surface area contributed by atoms with Crippen LogP contribution in [0, 0.1) is 0 Å². The van der Waals surface area contributed by atoms with Crippen molar-refractivity contribution < 1.29 is 22.2 Å². The molecule has 2 N–H and O–H groups in total. The number of anilines is 1. The van der Waals surface area contributed by atoms with Gasteiger partial charge in [-0.05, 0) is 48.5 Å². The molecule has 0 heterocycles. The quantitative estimate of drug-likeness (QED) is 0.216. The van der Waals surface area contributed by atoms with Crippen molar-refractivity contribution in [2.24, 2.45) is 10.2 Å². The molecule has 1 amide bonds. The van der Waals surface area contributed by atoms with Crippen molar-refractivity contribution >= 4 is 67.2 Å². The zero-order chi connectivity index (χ0) is 24.5. The molecule has 11 heteroatoms. The molecule has 4 aromatic rings. The molecule has 34 heavy (non-hydrogen) atoms. The SMILES string of the molecule is O=C(Nc1ccc(S(=O)(=O)F)cc1)c1cc(/N=N/c2cc(Cl)ccc2Cl)c2ccccc2c1O. The lowest BCUT2D eigenvalue weighted by Gasteiger charge is -2.11. The van der Waals surface area contributed by atoms with Crippen LogP contribution in [0.3, 0.4) is 0 Å². The molecule has 4 rings (SSSR count). The second-order valence-corrected chi connectivity index (χ2v) is 9.24. The van der Waals surface area contributed by atoms with E-state index in [9.17, 15) is 22.2 Å². The van der Waals surface area contributed by atoms with Crippen LogP contribution in [0.4, 0.5) is 20.9 Å². The fourth-order valence-electron chi connectivity index (χ4n) is 3.17. The summed E-state index contributed by atoms with van der Waals surface area (Å²) in [5.74, 6) is -0.979. The predicted molar refractivity (Wildman–Crippen MR) is 129 cm³/mol. The standard InChI is InChI=1S/C23H14Cl2FN3O4S/c24-13-5-10-19(25)21(11-13)29-28-20-12-18(22(30)17-4-2-1-3-16(17)20)23(31)27-14-6-8-15(9-7-14)34(26,32)33/h1-12,30H,(H,27,31)/b29-28+. The highest BCUT2D eigenvalue weighted by Gasteiger charge is 2.18. The molecule has 0 radical (unpaired) electrons. The van der Waals surface area contributed by atoms with Crippen molar-refractivity contribution in [2.75, 3.05) is 5.32 Å². The van der Waals surface area contributed by atoms with Crippen LogP contribution in [0.15, 0.2) is 87.9 Å². The third-order valence-corrected chi connectivity index (χ3v) is 6.20. The number of aromatic hydroxyl groups is 1. The summed E-state index contributed by atoms with van der Waals surface area (Å²) >= 11 is 12.1. The minimum atomic E-state index is -4.87. The molecule has 0 atom stereocenters. The van der Waals surface area contributed by atoms with Gasteiger partial charge >= 0.3 is 10.2 Å². The number of azo groups is 1. The predicted octanol–water partition coefficient (Wildman–Crippen LogP) is 7.18. The molecule has 0 saturated heterocycles. The van der Waals surface area contributed by atoms with Gasteiger partial charge in [-0.15, -0.1) is 14.1 Å². The van der Waals surface area contributed by atoms with E-state index in [1.165, 1.54) is 24.3 Å². The largest absolute Gasteiger partial charge is 0.506 e. The monoisotopic (exact) mass is 517 g/mol. The fraction of sp³-hybridized carbons (Fsp3) is 0. The van der Waals surface area contributed by atoms with Gasteiger partial charge in [0.25, 0.3) is 5.91 Å². The number of carbonyl (C=O) groups is 1. The Balaban J connectivity index is 1.73. The van der Waals surface area contributed by atoms with Gasteiger partial charge in [0.2, 0.25) is 0 Å². The smallest absolute Gasteiger partial charge is 0.332 e. The Kier molecular flexibility index (Phi) is 6.52. The van der Waals surface area contributed by atoms with Crippen LogP contribution in [0.25, 0.3) is 10.8 Å². The lowest BCUT2D eigenvalue weighted by molar-refractivity contribution is 0.102. The molecule has 172 valence electrons. The van der Waals surface area contributed by atoms with Crippen LogP contribution in [-0.4, -0.2) is 19.4 Å². The number of hydrogen-bond donors (Lipinski definition) is 2. The van der Waals surface area contributed by atoms with Crippen LogP contribution in [0.1, 0.15) is 10.4 Å². The third-order valence-electron chi connectivity index (χ3n) is 4.81. The van der Waals surface area contributed by atoms with Gasteiger partial charge in [-0.25, -0.2) is 0 Å². The average molecular weight is 518 g/mol. The van der Waals surface area contributed by atoms with Gasteiger partial charge in [-0.1, -0.05) is 47.5 Å². The maximum absolute atomic E-state index is 13.1. The Morgan fingerprint density at radius 1 is 0.882 bits per heavy atom. The van der Waals surface area contributed by atoms with Crippen LogP contribution >= 0.6 is 23.2 Å². The minimum Gasteiger partial charge on any atom is -0.506 e. The van der Waals surface area contributed by atoms with Gasteiger partial charge < -0.3 is 10.4 Å². The molecule has 0 bridgehead atoms. The topological polar surface area (TPSA) is 108 Å². The number of halogens is 3. The first-order valence-corrected chi connectivity index (χ1v) is 11.7. The Bertz CT molecular complexity index is 1560. The van der Waals surface area contributed by atoms with Crippen LogP contribution in [0.5, 0.6) is 5.75 Å². The van der Waals surface area contributed by atoms with E-state index >= 15 is 0 Å². The Labute approximate surface area is 203 Å². The number of nitrogens with one attached hydrogen (secondary N) is 1. The van der Waals surface area contributed by atoms with Crippen LogP contribution < -0.4 is 5.32 Å². The number of hydrogen-bond acceptors (Lipinski definition) is 6. The summed E-state index contributed by atoms with van der Waals surface area (Å²) in [7, 11) is -4.87. The van der Waals surface area contributed by atoms with E-state index < -0.39 is 21.0 Å². The summed E-state index contributed by atoms with van der Waals surface area (Å²) in [6.07, 6.45) is 0. The van der Waals surface area contributed by atoms with Gasteiger partial charge in [0.05, 0.1) is 21.2 Å². The summed E-state index contributed by atoms with van der Waals surface area (Å²) in [6, 6.07) is 17.3. The van der Waals surface area contributed by atoms with Gasteiger partial charge in [-0.2, -0.15) is 8.42 Å². The number of benzene rings is 4. The Hall–Kier alpha value is -3.53. The number of amides is 1. The number of nitrogens with zero attached hydrogens (tertiary/aromatic N) is 2. The zero-order valence-electron chi connectivity index (χ0n) is 17.0. The van der Waals surface area contributed by atoms with Gasteiger partial charge in [-0.3, -0.25) is 4.79 Å². The molecule has 0 unspecified atom stereocenters. The normalized spacial score (nSPS) is 11.7. The van der Waals surface area contributed by atoms with E-state index in [2.05, 4.69) is 15.5 Å². The maximum Gasteiger partial charge on any atom is 0.332 e. The van der Waals surface area contributed by atoms with E-state index in [4.69, 9.17) is 23.2 Å². The summed E-state index contributed by atoms with van der Waals surface area (Å²) in [5.41, 5.74) is 0.694. The lowest BCUT2D eigenvalue weighted by Crippen LogP contribution is -2.12. The second-order valence-electron chi connectivity index (χ2n) is 7.05. The van der Waals surface area contributed by atoms with Crippen molar-refractivity contribution in [1.82, 2.24) is 0 Å². The number of fused-ring (bicyclic) bond motifs is 1. The molecule has 0 aliphatic heterocycles. The first-order valence-electron chi connectivity index (χ1n) is 9.61. The highest BCUT2D eigenvalue weighted by atomic mass is 35.5. The molecule has 0 fully saturated rings. The molecule has 4 aromatic carbocycles. The summed E-state index contributed by atoms with van der Waals surface area (Å²) < 4.78 is 35.0. The zero-order valence-corrected chi connectivity index (χ0v) is 19.4. The number of phenols is 1. The molecule has 0 aromatic heterocycles. The van der Waals surface area contributed by atoms with Gasteiger partial charge in [0.1, 0.15) is 11.4 Å². The molecular weight excluding hydrogens is 504 g/mol. The second kappa shape index (κ2) is 9.38. The number of carbonyl (C=O) groups excluding carboxylic acids is 1. The molecular formula is C23H14Cl2FN3O4S. The van der Waals surface area contributed by atoms with E-state index in [1.807, 2.05) is 0 Å². The van der Waals surface area contributed by atoms with E-state index in [0.717, 1.165) is 12.1 Å². The molecule has 0 saturated carbocycles. The van der Waals surface area contributed by atoms with Crippen molar-refractivity contribution in [3.8, 4) is 5.75 Å². The van der Waals surface area contributed by atoms with Crippen molar-refractivity contribution in [3.63, 3.8) is 0 Å². The molecule has 0 aliphatic rings. The highest BCUT2D eigenvalue weighted by molar-refractivity contribution is 7.86. The average Bonchev–Trinajstić information content (AvgIpc) is 2.80. The van der Waals surface area contributed by atoms with Crippen molar-refractivity contribution in [2.45, 2.75) is 4.90 Å². The van der Waals surface area contributed by atoms with Crippen molar-refractivity contribution in [1.29, 1.82) is 0 Å². The van der Waals surface area contributed by atoms with Gasteiger partial charge in [0.15, 0.2) is 0 Å². The van der Waals surface area contributed by atoms with Crippen LogP contribution in [0.2, 0.25) is 10.0 Å². The third kappa shape index (κ3) is 5.01. The lowest BCUT2D eigenvalue weighted by atomic mass is 10.0. The van der Waals surface area contributed by atoms with E-state index in [0.29, 0.717) is 26.5 Å². The minimum absolute atomic E-state index is 0.105. The first kappa shape index (κ1) is 23.6.